The van der Waals surface area contributed by atoms with Crippen molar-refractivity contribution in [3.63, 3.8) is 0 Å². The minimum Gasteiger partial charge on any atom is -0.352 e. The second-order valence-electron chi connectivity index (χ2n) is 6.89. The van der Waals surface area contributed by atoms with Crippen molar-refractivity contribution in [1.82, 2.24) is 20.2 Å². The molecule has 1 aromatic carbocycles. The third-order valence-electron chi connectivity index (χ3n) is 5.16. The maximum Gasteiger partial charge on any atom is 0.230 e. The molecular formula is C18H24ClN5OS. The van der Waals surface area contributed by atoms with Crippen molar-refractivity contribution in [1.29, 1.82) is 0 Å². The summed E-state index contributed by atoms with van der Waals surface area (Å²) in [6.07, 6.45) is 3.46. The van der Waals surface area contributed by atoms with E-state index in [1.807, 2.05) is 18.2 Å². The highest BCUT2D eigenvalue weighted by Gasteiger charge is 2.28. The van der Waals surface area contributed by atoms with Gasteiger partial charge in [0, 0.05) is 11.6 Å². The van der Waals surface area contributed by atoms with Crippen molar-refractivity contribution in [3.05, 3.63) is 29.3 Å². The number of nitrogens with one attached hydrogen (secondary N) is 1. The fraction of sp³-hybridized carbons (Fsp3) is 0.500. The molecule has 0 spiro atoms. The first-order valence-electron chi connectivity index (χ1n) is 8.85. The second kappa shape index (κ2) is 8.31. The molecule has 3 rings (SSSR count). The molecule has 2 aromatic rings. The molecule has 1 heterocycles. The predicted octanol–water partition coefficient (Wildman–Crippen LogP) is 3.35. The molecule has 0 bridgehead atoms. The monoisotopic (exact) mass is 393 g/mol. The summed E-state index contributed by atoms with van der Waals surface area (Å²) in [7, 11) is 0. The normalized spacial score (nSPS) is 23.0. The van der Waals surface area contributed by atoms with Crippen LogP contribution in [0, 0.1) is 11.8 Å². The lowest BCUT2D eigenvalue weighted by Gasteiger charge is -2.34. The Morgan fingerprint density at radius 1 is 1.35 bits per heavy atom. The van der Waals surface area contributed by atoms with Gasteiger partial charge < -0.3 is 11.2 Å². The molecule has 6 nitrogen and oxygen atoms in total. The molecule has 1 aliphatic rings. The number of aromatic nitrogens is 3. The first-order chi connectivity index (χ1) is 12.5. The molecule has 3 unspecified atom stereocenters. The number of benzene rings is 1. The molecule has 0 aliphatic heterocycles. The number of carbonyl (C=O) groups is 1. The predicted molar refractivity (Wildman–Crippen MR) is 105 cm³/mol. The van der Waals surface area contributed by atoms with E-state index in [-0.39, 0.29) is 17.7 Å². The van der Waals surface area contributed by atoms with Crippen LogP contribution in [0.4, 0.5) is 0 Å². The Balaban J connectivity index is 1.60. The van der Waals surface area contributed by atoms with Gasteiger partial charge in [-0.25, -0.2) is 4.68 Å². The molecular weight excluding hydrogens is 370 g/mol. The first kappa shape index (κ1) is 19.0. The van der Waals surface area contributed by atoms with E-state index in [2.05, 4.69) is 29.4 Å². The molecule has 1 saturated carbocycles. The van der Waals surface area contributed by atoms with E-state index in [1.165, 1.54) is 29.3 Å². The van der Waals surface area contributed by atoms with Crippen molar-refractivity contribution in [2.45, 2.75) is 44.3 Å². The minimum atomic E-state index is 0.00300. The summed E-state index contributed by atoms with van der Waals surface area (Å²) in [5, 5.41) is 12.4. The van der Waals surface area contributed by atoms with Gasteiger partial charge in [0.2, 0.25) is 11.1 Å². The maximum atomic E-state index is 12.3. The molecule has 1 fully saturated rings. The summed E-state index contributed by atoms with van der Waals surface area (Å²) in [6.45, 7) is 4.47. The molecule has 140 valence electrons. The Hall–Kier alpha value is -1.73. The zero-order valence-electron chi connectivity index (χ0n) is 15.0. The highest BCUT2D eigenvalue weighted by Crippen LogP contribution is 2.30. The summed E-state index contributed by atoms with van der Waals surface area (Å²) >= 11 is 7.47. The largest absolute Gasteiger partial charge is 0.352 e. The van der Waals surface area contributed by atoms with Gasteiger partial charge in [-0.2, -0.15) is 0 Å². The van der Waals surface area contributed by atoms with Crippen LogP contribution in [0.25, 0.3) is 11.4 Å². The van der Waals surface area contributed by atoms with E-state index >= 15 is 0 Å². The van der Waals surface area contributed by atoms with E-state index in [9.17, 15) is 4.79 Å². The fourth-order valence-corrected chi connectivity index (χ4v) is 4.25. The van der Waals surface area contributed by atoms with Crippen LogP contribution in [0.5, 0.6) is 0 Å². The van der Waals surface area contributed by atoms with Gasteiger partial charge in [-0.15, -0.1) is 10.2 Å². The van der Waals surface area contributed by atoms with Crippen molar-refractivity contribution in [3.8, 4) is 11.4 Å². The van der Waals surface area contributed by atoms with Gasteiger partial charge >= 0.3 is 0 Å². The van der Waals surface area contributed by atoms with Crippen LogP contribution in [0.1, 0.15) is 33.1 Å². The average Bonchev–Trinajstić information content (AvgIpc) is 2.98. The average molecular weight is 394 g/mol. The summed E-state index contributed by atoms with van der Waals surface area (Å²) in [4.78, 5) is 12.3. The van der Waals surface area contributed by atoms with Crippen molar-refractivity contribution >= 4 is 29.3 Å². The van der Waals surface area contributed by atoms with Crippen LogP contribution in [0.2, 0.25) is 5.02 Å². The second-order valence-corrected chi connectivity index (χ2v) is 8.24. The van der Waals surface area contributed by atoms with Gasteiger partial charge in [-0.05, 0) is 30.4 Å². The Kier molecular flexibility index (Phi) is 6.09. The van der Waals surface area contributed by atoms with Crippen LogP contribution in [0.15, 0.2) is 29.4 Å². The Morgan fingerprint density at radius 2 is 2.12 bits per heavy atom. The lowest BCUT2D eigenvalue weighted by atomic mass is 9.78. The number of nitrogens with zero attached hydrogens (tertiary/aromatic N) is 3. The smallest absolute Gasteiger partial charge is 0.230 e. The van der Waals surface area contributed by atoms with Gasteiger partial charge in [-0.1, -0.05) is 62.2 Å². The molecule has 26 heavy (non-hydrogen) atoms. The molecule has 8 heteroatoms. The van der Waals surface area contributed by atoms with Crippen LogP contribution >= 0.6 is 23.4 Å². The van der Waals surface area contributed by atoms with E-state index in [4.69, 9.17) is 17.4 Å². The third-order valence-corrected chi connectivity index (χ3v) is 6.44. The number of nitrogen functional groups attached to an aromatic ring is 1. The van der Waals surface area contributed by atoms with E-state index in [1.54, 1.807) is 6.07 Å². The summed E-state index contributed by atoms with van der Waals surface area (Å²) < 4.78 is 1.38. The summed E-state index contributed by atoms with van der Waals surface area (Å²) in [5.41, 5.74) is 0.713. The minimum absolute atomic E-state index is 0.00300. The van der Waals surface area contributed by atoms with Crippen LogP contribution < -0.4 is 11.2 Å². The number of hydrogen-bond acceptors (Lipinski definition) is 5. The van der Waals surface area contributed by atoms with Crippen LogP contribution in [-0.2, 0) is 4.79 Å². The van der Waals surface area contributed by atoms with E-state index in [0.717, 1.165) is 6.42 Å². The van der Waals surface area contributed by atoms with Gasteiger partial charge in [0.25, 0.3) is 0 Å². The summed E-state index contributed by atoms with van der Waals surface area (Å²) in [5.74, 6) is 7.99. The molecule has 3 N–H and O–H groups in total. The SMILES string of the molecule is CC1CCCC(NC(=O)CSc2nnc(-c3ccccc3Cl)n2N)C1C. The number of carbonyl (C=O) groups excluding carboxylic acids is 1. The molecule has 1 aromatic heterocycles. The van der Waals surface area contributed by atoms with Gasteiger partial charge in [0.15, 0.2) is 5.82 Å². The van der Waals surface area contributed by atoms with Gasteiger partial charge in [0.05, 0.1) is 10.8 Å². The summed E-state index contributed by atoms with van der Waals surface area (Å²) in [6, 6.07) is 7.57. The topological polar surface area (TPSA) is 85.8 Å². The Bertz CT molecular complexity index is 781. The Morgan fingerprint density at radius 3 is 2.88 bits per heavy atom. The highest BCUT2D eigenvalue weighted by atomic mass is 35.5. The van der Waals surface area contributed by atoms with E-state index in [0.29, 0.717) is 33.4 Å². The number of halogens is 1. The maximum absolute atomic E-state index is 12.3. The fourth-order valence-electron chi connectivity index (χ4n) is 3.37. The zero-order chi connectivity index (χ0) is 18.7. The molecule has 0 saturated heterocycles. The highest BCUT2D eigenvalue weighted by molar-refractivity contribution is 7.99. The first-order valence-corrected chi connectivity index (χ1v) is 10.2. The number of hydrogen-bond donors (Lipinski definition) is 2. The zero-order valence-corrected chi connectivity index (χ0v) is 16.6. The van der Waals surface area contributed by atoms with Gasteiger partial charge in [-0.3, -0.25) is 4.79 Å². The third kappa shape index (κ3) is 4.15. The molecule has 0 radical (unpaired) electrons. The molecule has 1 aliphatic carbocycles. The van der Waals surface area contributed by atoms with E-state index < -0.39 is 0 Å². The standard InChI is InChI=1S/C18H24ClN5OS/c1-11-6-5-9-15(12(11)2)21-16(25)10-26-18-23-22-17(24(18)20)13-7-3-4-8-14(13)19/h3-4,7-8,11-12,15H,5-6,9-10,20H2,1-2H3,(H,21,25). The van der Waals surface area contributed by atoms with Gasteiger partial charge in [0.1, 0.15) is 0 Å². The van der Waals surface area contributed by atoms with Crippen molar-refractivity contribution in [2.75, 3.05) is 11.6 Å². The molecule has 3 atom stereocenters. The number of thioether (sulfide) groups is 1. The van der Waals surface area contributed by atoms with Crippen LogP contribution in [-0.4, -0.2) is 32.6 Å². The quantitative estimate of drug-likeness (QED) is 0.601. The van der Waals surface area contributed by atoms with Crippen molar-refractivity contribution in [2.24, 2.45) is 11.8 Å². The lowest BCUT2D eigenvalue weighted by Crippen LogP contribution is -2.44. The number of amides is 1. The lowest BCUT2D eigenvalue weighted by molar-refractivity contribution is -0.120. The van der Waals surface area contributed by atoms with Crippen LogP contribution in [0.3, 0.4) is 0 Å². The van der Waals surface area contributed by atoms with Crippen molar-refractivity contribution < 1.29 is 4.79 Å². The Labute approximate surface area is 162 Å². The number of rotatable bonds is 5. The number of nitrogens with two attached hydrogens (primary N) is 1. The molecule has 1 amide bonds.